The maximum atomic E-state index is 11.7. The topological polar surface area (TPSA) is 83.3 Å². The van der Waals surface area contributed by atoms with E-state index in [9.17, 15) is 9.59 Å². The molecule has 2 aliphatic rings. The van der Waals surface area contributed by atoms with Crippen molar-refractivity contribution in [2.24, 2.45) is 11.8 Å². The molecule has 0 saturated heterocycles. The Labute approximate surface area is 147 Å². The summed E-state index contributed by atoms with van der Waals surface area (Å²) in [6, 6.07) is 0. The fourth-order valence-electron chi connectivity index (χ4n) is 3.55. The standard InChI is InChI=1S/C18H25N3O4/c1-3-10-21-16-7-5-13-12(4-6-15(16)19-20-21)14(13)11-25-18(23)9-8-17(22)24-2/h4,13-14H,3,5-11H2,1-2H3. The van der Waals surface area contributed by atoms with Crippen LogP contribution in [-0.2, 0) is 38.4 Å². The van der Waals surface area contributed by atoms with Crippen LogP contribution >= 0.6 is 0 Å². The molecule has 1 saturated carbocycles. The average molecular weight is 347 g/mol. The first-order chi connectivity index (χ1) is 12.1. The lowest BCUT2D eigenvalue weighted by molar-refractivity contribution is -0.149. The SMILES string of the molecule is CCCn1nnc2c1CCC1C(=CC2)C1COC(=O)CCC(=O)OC. The highest BCUT2D eigenvalue weighted by atomic mass is 16.5. The van der Waals surface area contributed by atoms with Crippen LogP contribution in [0.5, 0.6) is 0 Å². The number of rotatable bonds is 7. The second kappa shape index (κ2) is 7.80. The Morgan fingerprint density at radius 2 is 2.12 bits per heavy atom. The monoisotopic (exact) mass is 347 g/mol. The normalized spacial score (nSPS) is 21.3. The van der Waals surface area contributed by atoms with Gasteiger partial charge >= 0.3 is 11.9 Å². The van der Waals surface area contributed by atoms with Crippen molar-refractivity contribution in [3.8, 4) is 0 Å². The number of hydrogen-bond acceptors (Lipinski definition) is 6. The van der Waals surface area contributed by atoms with Gasteiger partial charge in [-0.25, -0.2) is 4.68 Å². The number of fused-ring (bicyclic) bond motifs is 2. The van der Waals surface area contributed by atoms with Crippen molar-refractivity contribution in [3.63, 3.8) is 0 Å². The molecule has 0 aromatic carbocycles. The molecule has 0 N–H and O–H groups in total. The molecule has 7 nitrogen and oxygen atoms in total. The van der Waals surface area contributed by atoms with Gasteiger partial charge in [-0.1, -0.05) is 23.8 Å². The van der Waals surface area contributed by atoms with Gasteiger partial charge in [-0.3, -0.25) is 9.59 Å². The number of aryl methyl sites for hydroxylation is 1. The van der Waals surface area contributed by atoms with Crippen LogP contribution in [-0.4, -0.2) is 40.6 Å². The minimum Gasteiger partial charge on any atom is -0.469 e. The van der Waals surface area contributed by atoms with E-state index in [-0.39, 0.29) is 24.8 Å². The van der Waals surface area contributed by atoms with Gasteiger partial charge in [0.05, 0.1) is 37.9 Å². The lowest BCUT2D eigenvalue weighted by Crippen LogP contribution is -2.11. The molecule has 1 heterocycles. The van der Waals surface area contributed by atoms with E-state index in [2.05, 4.69) is 28.0 Å². The molecule has 2 aliphatic carbocycles. The zero-order valence-electron chi connectivity index (χ0n) is 14.9. The van der Waals surface area contributed by atoms with Crippen molar-refractivity contribution in [2.75, 3.05) is 13.7 Å². The molecule has 25 heavy (non-hydrogen) atoms. The lowest BCUT2D eigenvalue weighted by atomic mass is 10.1. The first-order valence-electron chi connectivity index (χ1n) is 8.97. The van der Waals surface area contributed by atoms with Crippen molar-refractivity contribution in [1.29, 1.82) is 0 Å². The molecule has 0 spiro atoms. The fraction of sp³-hybridized carbons (Fsp3) is 0.667. The Balaban J connectivity index is 1.50. The van der Waals surface area contributed by atoms with Gasteiger partial charge in [-0.05, 0) is 25.2 Å². The molecule has 0 amide bonds. The molecule has 3 rings (SSSR count). The molecule has 1 aromatic rings. The Hall–Kier alpha value is -2.18. The zero-order valence-corrected chi connectivity index (χ0v) is 14.9. The fourth-order valence-corrected chi connectivity index (χ4v) is 3.55. The summed E-state index contributed by atoms with van der Waals surface area (Å²) in [6.07, 6.45) is 6.23. The minimum absolute atomic E-state index is 0.0705. The molecule has 0 aliphatic heterocycles. The molecule has 7 heteroatoms. The summed E-state index contributed by atoms with van der Waals surface area (Å²) in [6.45, 7) is 3.45. The van der Waals surface area contributed by atoms with Gasteiger partial charge in [0.25, 0.3) is 0 Å². The highest BCUT2D eigenvalue weighted by molar-refractivity contribution is 5.77. The van der Waals surface area contributed by atoms with Gasteiger partial charge in [0.1, 0.15) is 0 Å². The van der Waals surface area contributed by atoms with Crippen molar-refractivity contribution in [2.45, 2.75) is 52.0 Å². The summed E-state index contributed by atoms with van der Waals surface area (Å²) in [5.41, 5.74) is 3.69. The number of aromatic nitrogens is 3. The van der Waals surface area contributed by atoms with E-state index in [0.717, 1.165) is 37.9 Å². The Morgan fingerprint density at radius 1 is 1.32 bits per heavy atom. The highest BCUT2D eigenvalue weighted by Crippen LogP contribution is 2.49. The summed E-state index contributed by atoms with van der Waals surface area (Å²) < 4.78 is 11.9. The first kappa shape index (κ1) is 17.6. The molecule has 0 radical (unpaired) electrons. The molecular weight excluding hydrogens is 322 g/mol. The smallest absolute Gasteiger partial charge is 0.306 e. The summed E-state index contributed by atoms with van der Waals surface area (Å²) >= 11 is 0. The van der Waals surface area contributed by atoms with Crippen LogP contribution in [0.4, 0.5) is 0 Å². The molecule has 0 bridgehead atoms. The minimum atomic E-state index is -0.390. The second-order valence-electron chi connectivity index (χ2n) is 6.63. The Bertz CT molecular complexity index is 680. The Morgan fingerprint density at radius 3 is 2.88 bits per heavy atom. The van der Waals surface area contributed by atoms with Crippen LogP contribution in [0.25, 0.3) is 0 Å². The van der Waals surface area contributed by atoms with Crippen molar-refractivity contribution < 1.29 is 19.1 Å². The molecule has 1 fully saturated rings. The summed E-state index contributed by atoms with van der Waals surface area (Å²) in [5.74, 6) is 0.0816. The number of allylic oxidation sites excluding steroid dienone is 1. The number of esters is 2. The predicted molar refractivity (Wildman–Crippen MR) is 89.6 cm³/mol. The third-order valence-electron chi connectivity index (χ3n) is 4.99. The van der Waals surface area contributed by atoms with E-state index in [1.54, 1.807) is 0 Å². The molecule has 2 atom stereocenters. The van der Waals surface area contributed by atoms with Crippen LogP contribution in [0.2, 0.25) is 0 Å². The molecule has 1 aromatic heterocycles. The van der Waals surface area contributed by atoms with E-state index in [0.29, 0.717) is 18.4 Å². The average Bonchev–Trinajstić information content (AvgIpc) is 3.12. The summed E-state index contributed by atoms with van der Waals surface area (Å²) in [5, 5.41) is 8.58. The van der Waals surface area contributed by atoms with Crippen LogP contribution in [0, 0.1) is 11.8 Å². The summed E-state index contributed by atoms with van der Waals surface area (Å²) in [4.78, 5) is 22.8. The number of hydrogen-bond donors (Lipinski definition) is 0. The van der Waals surface area contributed by atoms with Crippen LogP contribution in [0.3, 0.4) is 0 Å². The number of carbonyl (C=O) groups is 2. The summed E-state index contributed by atoms with van der Waals surface area (Å²) in [7, 11) is 1.31. The highest BCUT2D eigenvalue weighted by Gasteiger charge is 2.44. The van der Waals surface area contributed by atoms with Crippen LogP contribution < -0.4 is 0 Å². The predicted octanol–water partition coefficient (Wildman–Crippen LogP) is 1.85. The van der Waals surface area contributed by atoms with Crippen LogP contribution in [0.1, 0.15) is 44.0 Å². The molecular formula is C18H25N3O4. The van der Waals surface area contributed by atoms with Gasteiger partial charge in [0.15, 0.2) is 0 Å². The molecule has 136 valence electrons. The van der Waals surface area contributed by atoms with Gasteiger partial charge in [0.2, 0.25) is 0 Å². The quantitative estimate of drug-likeness (QED) is 0.553. The van der Waals surface area contributed by atoms with Gasteiger partial charge in [0, 0.05) is 18.9 Å². The third kappa shape index (κ3) is 4.08. The van der Waals surface area contributed by atoms with E-state index in [4.69, 9.17) is 4.74 Å². The van der Waals surface area contributed by atoms with Crippen LogP contribution in [0.15, 0.2) is 11.6 Å². The van der Waals surface area contributed by atoms with Gasteiger partial charge in [-0.2, -0.15) is 0 Å². The van der Waals surface area contributed by atoms with Crippen molar-refractivity contribution >= 4 is 11.9 Å². The second-order valence-corrected chi connectivity index (χ2v) is 6.63. The van der Waals surface area contributed by atoms with E-state index < -0.39 is 0 Å². The van der Waals surface area contributed by atoms with Gasteiger partial charge in [-0.15, -0.1) is 5.10 Å². The maximum Gasteiger partial charge on any atom is 0.306 e. The lowest BCUT2D eigenvalue weighted by Gasteiger charge is -2.07. The third-order valence-corrected chi connectivity index (χ3v) is 4.99. The van der Waals surface area contributed by atoms with E-state index in [1.165, 1.54) is 18.4 Å². The van der Waals surface area contributed by atoms with E-state index >= 15 is 0 Å². The van der Waals surface area contributed by atoms with Crippen molar-refractivity contribution in [1.82, 2.24) is 15.0 Å². The largest absolute Gasteiger partial charge is 0.469 e. The molecule has 2 unspecified atom stereocenters. The maximum absolute atomic E-state index is 11.7. The number of nitrogens with zero attached hydrogens (tertiary/aromatic N) is 3. The zero-order chi connectivity index (χ0) is 17.8. The van der Waals surface area contributed by atoms with E-state index in [1.807, 2.05) is 4.68 Å². The van der Waals surface area contributed by atoms with Gasteiger partial charge < -0.3 is 9.47 Å². The number of carbonyl (C=O) groups excluding carboxylic acids is 2. The Kier molecular flexibility index (Phi) is 5.50. The number of methoxy groups -OCH3 is 1. The van der Waals surface area contributed by atoms with Crippen molar-refractivity contribution in [3.05, 3.63) is 23.0 Å². The number of ether oxygens (including phenoxy) is 2. The first-order valence-corrected chi connectivity index (χ1v) is 8.97.